The summed E-state index contributed by atoms with van der Waals surface area (Å²) in [5, 5.41) is 0. The first-order chi connectivity index (χ1) is 7.86. The molecule has 0 bridgehead atoms. The van der Waals surface area contributed by atoms with Crippen molar-refractivity contribution < 1.29 is 4.74 Å². The Morgan fingerprint density at radius 3 is 2.50 bits per heavy atom. The van der Waals surface area contributed by atoms with Crippen LogP contribution in [0.4, 0.5) is 0 Å². The van der Waals surface area contributed by atoms with Crippen LogP contribution in [-0.4, -0.2) is 37.2 Å². The fraction of sp³-hybridized carbons (Fsp3) is 1.00. The van der Waals surface area contributed by atoms with Gasteiger partial charge in [-0.25, -0.2) is 0 Å². The van der Waals surface area contributed by atoms with Crippen molar-refractivity contribution in [1.29, 1.82) is 0 Å². The first-order valence-corrected chi connectivity index (χ1v) is 7.20. The predicted molar refractivity (Wildman–Crippen MR) is 69.8 cm³/mol. The summed E-state index contributed by atoms with van der Waals surface area (Å²) in [6, 6.07) is 0. The fourth-order valence-electron chi connectivity index (χ4n) is 2.37. The van der Waals surface area contributed by atoms with Crippen LogP contribution in [0.5, 0.6) is 0 Å². The van der Waals surface area contributed by atoms with Gasteiger partial charge in [0.15, 0.2) is 0 Å². The van der Waals surface area contributed by atoms with Gasteiger partial charge in [-0.15, -0.1) is 0 Å². The molecular weight excluding hydrogens is 198 g/mol. The predicted octanol–water partition coefficient (Wildman–Crippen LogP) is 3.46. The summed E-state index contributed by atoms with van der Waals surface area (Å²) in [5.74, 6) is 0. The standard InChI is InChI=1S/C14H29NO/c1-3-5-9-14(4-2)16-13-12-15-10-7-6-8-11-15/h14H,3-13H2,1-2H3. The minimum Gasteiger partial charge on any atom is -0.377 e. The summed E-state index contributed by atoms with van der Waals surface area (Å²) >= 11 is 0. The highest BCUT2D eigenvalue weighted by atomic mass is 16.5. The molecule has 2 nitrogen and oxygen atoms in total. The molecular formula is C14H29NO. The molecule has 0 saturated carbocycles. The molecule has 0 spiro atoms. The van der Waals surface area contributed by atoms with Crippen molar-refractivity contribution in [2.24, 2.45) is 0 Å². The van der Waals surface area contributed by atoms with Gasteiger partial charge >= 0.3 is 0 Å². The zero-order valence-corrected chi connectivity index (χ0v) is 11.2. The van der Waals surface area contributed by atoms with Crippen LogP contribution in [-0.2, 0) is 4.74 Å². The SMILES string of the molecule is CCCCC(CC)OCCN1CCCCC1. The molecule has 2 heteroatoms. The first kappa shape index (κ1) is 14.0. The Balaban J connectivity index is 2.02. The molecule has 16 heavy (non-hydrogen) atoms. The molecule has 1 fully saturated rings. The average Bonchev–Trinajstić information content (AvgIpc) is 2.35. The lowest BCUT2D eigenvalue weighted by Crippen LogP contribution is -2.33. The largest absolute Gasteiger partial charge is 0.377 e. The number of unbranched alkanes of at least 4 members (excludes halogenated alkanes) is 1. The molecule has 0 aliphatic carbocycles. The summed E-state index contributed by atoms with van der Waals surface area (Å²) in [4.78, 5) is 2.55. The van der Waals surface area contributed by atoms with Gasteiger partial charge in [-0.3, -0.25) is 0 Å². The Morgan fingerprint density at radius 1 is 1.12 bits per heavy atom. The number of ether oxygens (including phenoxy) is 1. The van der Waals surface area contributed by atoms with E-state index in [9.17, 15) is 0 Å². The number of nitrogens with zero attached hydrogens (tertiary/aromatic N) is 1. The molecule has 1 atom stereocenters. The quantitative estimate of drug-likeness (QED) is 0.629. The Kier molecular flexibility index (Phi) is 7.87. The number of hydrogen-bond donors (Lipinski definition) is 0. The summed E-state index contributed by atoms with van der Waals surface area (Å²) in [6.07, 6.45) is 9.69. The summed E-state index contributed by atoms with van der Waals surface area (Å²) in [7, 11) is 0. The maximum absolute atomic E-state index is 5.95. The molecule has 1 heterocycles. The molecule has 1 aliphatic heterocycles. The second-order valence-corrected chi connectivity index (χ2v) is 4.95. The molecule has 0 amide bonds. The zero-order valence-electron chi connectivity index (χ0n) is 11.2. The molecule has 1 rings (SSSR count). The van der Waals surface area contributed by atoms with E-state index >= 15 is 0 Å². The second kappa shape index (κ2) is 9.00. The van der Waals surface area contributed by atoms with E-state index in [4.69, 9.17) is 4.74 Å². The van der Waals surface area contributed by atoms with E-state index in [-0.39, 0.29) is 0 Å². The van der Waals surface area contributed by atoms with Crippen molar-refractivity contribution in [3.8, 4) is 0 Å². The normalized spacial score (nSPS) is 19.9. The van der Waals surface area contributed by atoms with Crippen LogP contribution in [0.25, 0.3) is 0 Å². The van der Waals surface area contributed by atoms with Gasteiger partial charge in [0.1, 0.15) is 0 Å². The van der Waals surface area contributed by atoms with Gasteiger partial charge in [0.05, 0.1) is 12.7 Å². The third-order valence-electron chi connectivity index (χ3n) is 3.54. The summed E-state index contributed by atoms with van der Waals surface area (Å²) < 4.78 is 5.95. The monoisotopic (exact) mass is 227 g/mol. The third kappa shape index (κ3) is 5.86. The molecule has 96 valence electrons. The first-order valence-electron chi connectivity index (χ1n) is 7.20. The lowest BCUT2D eigenvalue weighted by Gasteiger charge is -2.27. The topological polar surface area (TPSA) is 12.5 Å². The van der Waals surface area contributed by atoms with Crippen LogP contribution in [0, 0.1) is 0 Å². The lowest BCUT2D eigenvalue weighted by atomic mass is 10.1. The molecule has 1 saturated heterocycles. The zero-order chi connectivity index (χ0) is 11.6. The summed E-state index contributed by atoms with van der Waals surface area (Å²) in [6.45, 7) is 9.14. The highest BCUT2D eigenvalue weighted by Crippen LogP contribution is 2.10. The molecule has 1 aliphatic rings. The minimum atomic E-state index is 0.504. The average molecular weight is 227 g/mol. The molecule has 0 aromatic carbocycles. The van der Waals surface area contributed by atoms with Gasteiger partial charge in [0.25, 0.3) is 0 Å². The van der Waals surface area contributed by atoms with Crippen LogP contribution < -0.4 is 0 Å². The van der Waals surface area contributed by atoms with E-state index < -0.39 is 0 Å². The Hall–Kier alpha value is -0.0800. The second-order valence-electron chi connectivity index (χ2n) is 4.95. The Bertz CT molecular complexity index is 155. The van der Waals surface area contributed by atoms with Crippen molar-refractivity contribution in [3.05, 3.63) is 0 Å². The van der Waals surface area contributed by atoms with Gasteiger partial charge < -0.3 is 9.64 Å². The highest BCUT2D eigenvalue weighted by molar-refractivity contribution is 4.64. The van der Waals surface area contributed by atoms with Crippen LogP contribution in [0.15, 0.2) is 0 Å². The Morgan fingerprint density at radius 2 is 1.88 bits per heavy atom. The van der Waals surface area contributed by atoms with Crippen LogP contribution >= 0.6 is 0 Å². The number of piperidine rings is 1. The van der Waals surface area contributed by atoms with E-state index in [1.54, 1.807) is 0 Å². The highest BCUT2D eigenvalue weighted by Gasteiger charge is 2.11. The smallest absolute Gasteiger partial charge is 0.0597 e. The molecule has 0 aromatic heterocycles. The van der Waals surface area contributed by atoms with E-state index in [0.29, 0.717) is 6.10 Å². The molecule has 1 unspecified atom stereocenters. The third-order valence-corrected chi connectivity index (χ3v) is 3.54. The van der Waals surface area contributed by atoms with Gasteiger partial charge in [-0.05, 0) is 38.8 Å². The van der Waals surface area contributed by atoms with Crippen LogP contribution in [0.3, 0.4) is 0 Å². The number of rotatable bonds is 8. The van der Waals surface area contributed by atoms with Crippen molar-refractivity contribution in [2.45, 2.75) is 64.9 Å². The lowest BCUT2D eigenvalue weighted by molar-refractivity contribution is 0.0265. The van der Waals surface area contributed by atoms with E-state index in [1.165, 1.54) is 58.0 Å². The molecule has 0 radical (unpaired) electrons. The molecule has 0 aromatic rings. The van der Waals surface area contributed by atoms with Crippen molar-refractivity contribution in [1.82, 2.24) is 4.90 Å². The maximum atomic E-state index is 5.95. The Labute approximate surface area is 101 Å². The fourth-order valence-corrected chi connectivity index (χ4v) is 2.37. The van der Waals surface area contributed by atoms with Crippen molar-refractivity contribution in [2.75, 3.05) is 26.2 Å². The van der Waals surface area contributed by atoms with Crippen molar-refractivity contribution in [3.63, 3.8) is 0 Å². The number of likely N-dealkylation sites (tertiary alicyclic amines) is 1. The van der Waals surface area contributed by atoms with Crippen LogP contribution in [0.1, 0.15) is 58.8 Å². The van der Waals surface area contributed by atoms with Gasteiger partial charge in [-0.2, -0.15) is 0 Å². The van der Waals surface area contributed by atoms with Crippen LogP contribution in [0.2, 0.25) is 0 Å². The van der Waals surface area contributed by atoms with E-state index in [1.807, 2.05) is 0 Å². The van der Waals surface area contributed by atoms with Gasteiger partial charge in [0, 0.05) is 6.54 Å². The minimum absolute atomic E-state index is 0.504. The van der Waals surface area contributed by atoms with Gasteiger partial charge in [0.2, 0.25) is 0 Å². The molecule has 0 N–H and O–H groups in total. The van der Waals surface area contributed by atoms with Gasteiger partial charge in [-0.1, -0.05) is 33.1 Å². The number of hydrogen-bond acceptors (Lipinski definition) is 2. The summed E-state index contributed by atoms with van der Waals surface area (Å²) in [5.41, 5.74) is 0. The van der Waals surface area contributed by atoms with E-state index in [2.05, 4.69) is 18.7 Å². The van der Waals surface area contributed by atoms with Crippen molar-refractivity contribution >= 4 is 0 Å². The van der Waals surface area contributed by atoms with E-state index in [0.717, 1.165) is 13.2 Å². The maximum Gasteiger partial charge on any atom is 0.0597 e.